The fourth-order valence-corrected chi connectivity index (χ4v) is 3.66. The Hall–Kier alpha value is -2.34. The second kappa shape index (κ2) is 7.50. The Morgan fingerprint density at radius 3 is 2.12 bits per heavy atom. The molecule has 0 radical (unpaired) electrons. The number of hydrogen-bond donors (Lipinski definition) is 2. The van der Waals surface area contributed by atoms with Crippen molar-refractivity contribution >= 4 is 15.9 Å². The Bertz CT molecular complexity index is 860. The van der Waals surface area contributed by atoms with E-state index in [4.69, 9.17) is 0 Å². The molecule has 2 N–H and O–H groups in total. The van der Waals surface area contributed by atoms with E-state index >= 15 is 0 Å². The third-order valence-corrected chi connectivity index (χ3v) is 5.82. The standard InChI is InChI=1S/C20H24N2O3S/c1-14(15-10-12-18(13-11-15)26(2,24)25)21-20(23)22-19(17-8-9-17)16-6-4-3-5-7-16/h3-7,10-14,17,19H,8-9H2,1-2H3,(H2,21,22,23). The summed E-state index contributed by atoms with van der Waals surface area (Å²) in [5.74, 6) is 0.493. The first-order valence-electron chi connectivity index (χ1n) is 8.76. The molecule has 2 aromatic carbocycles. The van der Waals surface area contributed by atoms with Crippen LogP contribution >= 0.6 is 0 Å². The second-order valence-corrected chi connectivity index (χ2v) is 8.92. The summed E-state index contributed by atoms with van der Waals surface area (Å²) in [5.41, 5.74) is 1.98. The van der Waals surface area contributed by atoms with Gasteiger partial charge in [-0.3, -0.25) is 0 Å². The molecule has 2 atom stereocenters. The molecule has 0 spiro atoms. The predicted molar refractivity (Wildman–Crippen MR) is 102 cm³/mol. The van der Waals surface area contributed by atoms with Gasteiger partial charge in [0.1, 0.15) is 0 Å². The van der Waals surface area contributed by atoms with Gasteiger partial charge >= 0.3 is 6.03 Å². The van der Waals surface area contributed by atoms with Gasteiger partial charge in [-0.15, -0.1) is 0 Å². The molecule has 1 aliphatic carbocycles. The van der Waals surface area contributed by atoms with Crippen LogP contribution in [0.3, 0.4) is 0 Å². The van der Waals surface area contributed by atoms with Crippen molar-refractivity contribution in [1.29, 1.82) is 0 Å². The predicted octanol–water partition coefficient (Wildman–Crippen LogP) is 3.60. The number of carbonyl (C=O) groups is 1. The number of hydrogen-bond acceptors (Lipinski definition) is 3. The first-order valence-corrected chi connectivity index (χ1v) is 10.7. The average Bonchev–Trinajstić information content (AvgIpc) is 3.45. The van der Waals surface area contributed by atoms with Gasteiger partial charge in [0, 0.05) is 6.26 Å². The van der Waals surface area contributed by atoms with Crippen molar-refractivity contribution in [3.05, 3.63) is 65.7 Å². The number of rotatable bonds is 6. The molecule has 2 amide bonds. The smallest absolute Gasteiger partial charge is 0.315 e. The van der Waals surface area contributed by atoms with Crippen LogP contribution in [0.4, 0.5) is 4.79 Å². The average molecular weight is 372 g/mol. The maximum Gasteiger partial charge on any atom is 0.315 e. The molecule has 26 heavy (non-hydrogen) atoms. The highest BCUT2D eigenvalue weighted by atomic mass is 32.2. The fourth-order valence-electron chi connectivity index (χ4n) is 3.03. The molecule has 0 saturated heterocycles. The highest BCUT2D eigenvalue weighted by Crippen LogP contribution is 2.40. The van der Waals surface area contributed by atoms with Gasteiger partial charge in [-0.25, -0.2) is 13.2 Å². The van der Waals surface area contributed by atoms with Crippen molar-refractivity contribution in [2.45, 2.75) is 36.7 Å². The summed E-state index contributed by atoms with van der Waals surface area (Å²) < 4.78 is 23.1. The summed E-state index contributed by atoms with van der Waals surface area (Å²) in [6.07, 6.45) is 3.43. The molecule has 0 bridgehead atoms. The van der Waals surface area contributed by atoms with Crippen molar-refractivity contribution in [2.24, 2.45) is 5.92 Å². The van der Waals surface area contributed by atoms with Crippen LogP contribution in [0.5, 0.6) is 0 Å². The van der Waals surface area contributed by atoms with Gasteiger partial charge < -0.3 is 10.6 Å². The van der Waals surface area contributed by atoms with E-state index in [9.17, 15) is 13.2 Å². The van der Waals surface area contributed by atoms with Crippen LogP contribution in [-0.2, 0) is 9.84 Å². The number of urea groups is 1. The van der Waals surface area contributed by atoms with Gasteiger partial charge in [-0.05, 0) is 48.9 Å². The number of benzene rings is 2. The number of sulfone groups is 1. The lowest BCUT2D eigenvalue weighted by molar-refractivity contribution is 0.232. The van der Waals surface area contributed by atoms with Crippen LogP contribution in [0.15, 0.2) is 59.5 Å². The van der Waals surface area contributed by atoms with E-state index in [1.54, 1.807) is 24.3 Å². The van der Waals surface area contributed by atoms with Crippen LogP contribution in [-0.4, -0.2) is 20.7 Å². The van der Waals surface area contributed by atoms with E-state index < -0.39 is 9.84 Å². The van der Waals surface area contributed by atoms with E-state index in [2.05, 4.69) is 10.6 Å². The number of nitrogens with one attached hydrogen (secondary N) is 2. The zero-order valence-electron chi connectivity index (χ0n) is 15.0. The largest absolute Gasteiger partial charge is 0.332 e. The minimum Gasteiger partial charge on any atom is -0.332 e. The first kappa shape index (κ1) is 18.5. The summed E-state index contributed by atoms with van der Waals surface area (Å²) in [6, 6.07) is 16.2. The van der Waals surface area contributed by atoms with Crippen molar-refractivity contribution < 1.29 is 13.2 Å². The molecule has 2 aromatic rings. The van der Waals surface area contributed by atoms with Crippen LogP contribution in [0, 0.1) is 5.92 Å². The molecule has 0 aromatic heterocycles. The van der Waals surface area contributed by atoms with Crippen molar-refractivity contribution in [2.75, 3.05) is 6.26 Å². The summed E-state index contributed by atoms with van der Waals surface area (Å²) in [5, 5.41) is 6.02. The minimum absolute atomic E-state index is 0.0241. The van der Waals surface area contributed by atoms with Gasteiger partial charge in [0.25, 0.3) is 0 Å². The molecular weight excluding hydrogens is 348 g/mol. The molecule has 1 fully saturated rings. The molecule has 2 unspecified atom stereocenters. The monoisotopic (exact) mass is 372 g/mol. The van der Waals surface area contributed by atoms with E-state index in [0.717, 1.165) is 24.0 Å². The molecule has 1 saturated carbocycles. The van der Waals surface area contributed by atoms with Gasteiger partial charge in [-0.2, -0.15) is 0 Å². The summed E-state index contributed by atoms with van der Waals surface area (Å²) >= 11 is 0. The zero-order chi connectivity index (χ0) is 18.7. The van der Waals surface area contributed by atoms with Gasteiger partial charge in [0.05, 0.1) is 17.0 Å². The van der Waals surface area contributed by atoms with Crippen molar-refractivity contribution in [1.82, 2.24) is 10.6 Å². The Balaban J connectivity index is 1.63. The van der Waals surface area contributed by atoms with Crippen LogP contribution < -0.4 is 10.6 Å². The van der Waals surface area contributed by atoms with Gasteiger partial charge in [0.2, 0.25) is 0 Å². The van der Waals surface area contributed by atoms with E-state index in [0.29, 0.717) is 5.92 Å². The van der Waals surface area contributed by atoms with Gasteiger partial charge in [0.15, 0.2) is 9.84 Å². The Morgan fingerprint density at radius 1 is 0.962 bits per heavy atom. The molecule has 0 heterocycles. The van der Waals surface area contributed by atoms with Crippen LogP contribution in [0.25, 0.3) is 0 Å². The third-order valence-electron chi connectivity index (χ3n) is 4.69. The lowest BCUT2D eigenvalue weighted by atomic mass is 10.0. The number of amides is 2. The van der Waals surface area contributed by atoms with Crippen molar-refractivity contribution in [3.63, 3.8) is 0 Å². The minimum atomic E-state index is -3.22. The summed E-state index contributed by atoms with van der Waals surface area (Å²) in [7, 11) is -3.22. The van der Waals surface area contributed by atoms with E-state index in [-0.39, 0.29) is 23.0 Å². The molecule has 138 valence electrons. The highest BCUT2D eigenvalue weighted by molar-refractivity contribution is 7.90. The van der Waals surface area contributed by atoms with Gasteiger partial charge in [-0.1, -0.05) is 42.5 Å². The van der Waals surface area contributed by atoms with Crippen molar-refractivity contribution in [3.8, 4) is 0 Å². The summed E-state index contributed by atoms with van der Waals surface area (Å²) in [6.45, 7) is 1.88. The lowest BCUT2D eigenvalue weighted by Gasteiger charge is -2.21. The maximum atomic E-state index is 12.5. The topological polar surface area (TPSA) is 75.3 Å². The quantitative estimate of drug-likeness (QED) is 0.813. The summed E-state index contributed by atoms with van der Waals surface area (Å²) in [4.78, 5) is 12.7. The highest BCUT2D eigenvalue weighted by Gasteiger charge is 2.33. The SMILES string of the molecule is CC(NC(=O)NC(c1ccccc1)C1CC1)c1ccc(S(C)(=O)=O)cc1. The normalized spacial score (nSPS) is 16.5. The first-order chi connectivity index (χ1) is 12.3. The maximum absolute atomic E-state index is 12.5. The van der Waals surface area contributed by atoms with E-state index in [1.165, 1.54) is 6.26 Å². The third kappa shape index (κ3) is 4.64. The molecule has 5 nitrogen and oxygen atoms in total. The van der Waals surface area contributed by atoms with Crippen LogP contribution in [0.1, 0.15) is 43.0 Å². The molecule has 1 aliphatic rings. The fraction of sp³-hybridized carbons (Fsp3) is 0.350. The molecule has 6 heteroatoms. The number of carbonyl (C=O) groups excluding carboxylic acids is 1. The molecule has 3 rings (SSSR count). The Labute approximate surface area is 154 Å². The van der Waals surface area contributed by atoms with E-state index in [1.807, 2.05) is 37.3 Å². The zero-order valence-corrected chi connectivity index (χ0v) is 15.8. The Kier molecular flexibility index (Phi) is 5.32. The molecule has 0 aliphatic heterocycles. The van der Waals surface area contributed by atoms with Crippen LogP contribution in [0.2, 0.25) is 0 Å². The molecular formula is C20H24N2O3S. The second-order valence-electron chi connectivity index (χ2n) is 6.91. The Morgan fingerprint density at radius 2 is 1.58 bits per heavy atom. The lowest BCUT2D eigenvalue weighted by Crippen LogP contribution is -2.39.